The summed E-state index contributed by atoms with van der Waals surface area (Å²) in [5.41, 5.74) is 6.22. The molecule has 4 rings (SSSR count). The van der Waals surface area contributed by atoms with Crippen molar-refractivity contribution in [3.63, 3.8) is 0 Å². The molecule has 3 heterocycles. The molecule has 0 aliphatic carbocycles. The number of rotatable bonds is 8. The van der Waals surface area contributed by atoms with Crippen molar-refractivity contribution in [2.24, 2.45) is 5.92 Å². The number of aryl methyl sites for hydroxylation is 1. The van der Waals surface area contributed by atoms with Crippen LogP contribution in [0.3, 0.4) is 0 Å². The molecule has 0 amide bonds. The number of carboxylic acid groups (broad SMARTS) is 1. The van der Waals surface area contributed by atoms with Crippen molar-refractivity contribution in [3.8, 4) is 0 Å². The number of nitrogens with zero attached hydrogens (tertiary/aromatic N) is 2. The molecule has 2 atom stereocenters. The van der Waals surface area contributed by atoms with Crippen LogP contribution in [0.1, 0.15) is 34.0 Å². The molecule has 6 nitrogen and oxygen atoms in total. The van der Waals surface area contributed by atoms with Crippen LogP contribution in [0.15, 0.2) is 54.9 Å². The van der Waals surface area contributed by atoms with E-state index in [1.165, 1.54) is 11.1 Å². The number of aliphatic carboxylic acids is 1. The highest BCUT2D eigenvalue weighted by Crippen LogP contribution is 2.32. The largest absolute Gasteiger partial charge is 0.481 e. The summed E-state index contributed by atoms with van der Waals surface area (Å²) in [5, 5.41) is 16.8. The second kappa shape index (κ2) is 10.1. The Bertz CT molecular complexity index is 1090. The molecule has 0 unspecified atom stereocenters. The van der Waals surface area contributed by atoms with Gasteiger partial charge in [0.05, 0.1) is 17.8 Å². The Morgan fingerprint density at radius 3 is 2.81 bits per heavy atom. The Labute approximate surface area is 193 Å². The van der Waals surface area contributed by atoms with Crippen molar-refractivity contribution in [2.45, 2.75) is 32.2 Å². The summed E-state index contributed by atoms with van der Waals surface area (Å²) >= 11 is 5.99. The molecular formula is C25H27ClN4O2. The van der Waals surface area contributed by atoms with Gasteiger partial charge in [-0.1, -0.05) is 41.9 Å². The van der Waals surface area contributed by atoms with Gasteiger partial charge in [-0.3, -0.25) is 9.78 Å². The first-order valence-corrected chi connectivity index (χ1v) is 11.2. The van der Waals surface area contributed by atoms with Crippen molar-refractivity contribution in [3.05, 3.63) is 88.0 Å². The van der Waals surface area contributed by atoms with Crippen LogP contribution in [-0.4, -0.2) is 34.1 Å². The summed E-state index contributed by atoms with van der Waals surface area (Å²) < 4.78 is 0. The highest BCUT2D eigenvalue weighted by molar-refractivity contribution is 6.29. The van der Waals surface area contributed by atoms with Crippen LogP contribution in [-0.2, 0) is 24.1 Å². The number of halogens is 1. The van der Waals surface area contributed by atoms with E-state index in [4.69, 9.17) is 16.7 Å². The van der Waals surface area contributed by atoms with E-state index in [1.54, 1.807) is 6.20 Å². The quantitative estimate of drug-likeness (QED) is 0.445. The third-order valence-electron chi connectivity index (χ3n) is 5.97. The number of benzene rings is 1. The predicted octanol–water partition coefficient (Wildman–Crippen LogP) is 4.22. The molecule has 166 valence electrons. The maximum atomic E-state index is 11.0. The Kier molecular flexibility index (Phi) is 7.02. The lowest BCUT2D eigenvalue weighted by Crippen LogP contribution is -2.37. The highest BCUT2D eigenvalue weighted by Gasteiger charge is 2.28. The summed E-state index contributed by atoms with van der Waals surface area (Å²) in [4.78, 5) is 19.8. The fourth-order valence-electron chi connectivity index (χ4n) is 4.31. The minimum absolute atomic E-state index is 0.0153. The third kappa shape index (κ3) is 5.44. The number of nitrogens with one attached hydrogen (secondary N) is 2. The number of carbonyl (C=O) groups is 1. The summed E-state index contributed by atoms with van der Waals surface area (Å²) in [7, 11) is 0. The van der Waals surface area contributed by atoms with Crippen LogP contribution in [0.5, 0.6) is 0 Å². The molecule has 32 heavy (non-hydrogen) atoms. The minimum atomic E-state index is -0.847. The van der Waals surface area contributed by atoms with Crippen LogP contribution in [0.4, 0.5) is 5.69 Å². The molecule has 1 aromatic carbocycles. The van der Waals surface area contributed by atoms with E-state index in [-0.39, 0.29) is 12.5 Å². The van der Waals surface area contributed by atoms with Gasteiger partial charge in [0.2, 0.25) is 0 Å². The topological polar surface area (TPSA) is 87.1 Å². The average Bonchev–Trinajstić information content (AvgIpc) is 2.78. The number of pyridine rings is 2. The van der Waals surface area contributed by atoms with Gasteiger partial charge in [0.25, 0.3) is 0 Å². The van der Waals surface area contributed by atoms with Crippen LogP contribution in [0, 0.1) is 12.8 Å². The average molecular weight is 451 g/mol. The smallest absolute Gasteiger partial charge is 0.307 e. The van der Waals surface area contributed by atoms with Crippen molar-refractivity contribution in [1.82, 2.24) is 15.3 Å². The zero-order valence-electron chi connectivity index (χ0n) is 18.0. The lowest BCUT2D eigenvalue weighted by atomic mass is 9.86. The maximum absolute atomic E-state index is 11.0. The second-order valence-electron chi connectivity index (χ2n) is 8.28. The molecule has 1 aliphatic heterocycles. The molecule has 0 radical (unpaired) electrons. The zero-order chi connectivity index (χ0) is 22.5. The van der Waals surface area contributed by atoms with Crippen LogP contribution in [0.2, 0.25) is 5.15 Å². The monoisotopic (exact) mass is 450 g/mol. The maximum Gasteiger partial charge on any atom is 0.307 e. The fraction of sp³-hybridized carbons (Fsp3) is 0.320. The van der Waals surface area contributed by atoms with Gasteiger partial charge in [-0.2, -0.15) is 0 Å². The number of carboxylic acids is 1. The van der Waals surface area contributed by atoms with Gasteiger partial charge in [-0.25, -0.2) is 4.98 Å². The van der Waals surface area contributed by atoms with Gasteiger partial charge in [0.15, 0.2) is 0 Å². The summed E-state index contributed by atoms with van der Waals surface area (Å²) in [6.45, 7) is 3.67. The van der Waals surface area contributed by atoms with Gasteiger partial charge in [0, 0.05) is 30.9 Å². The standard InChI is InChI=1S/C25H27ClN4O2/c1-16-9-23(26)30-14-19(16)7-8-27-25(18-5-3-2-4-6-18)20-12-22-21(29-15-20)10-17(13-28-22)11-24(31)32/h2-6,9-10,13-14,20,25,27,29H,7-8,11-12,15H2,1H3,(H,31,32)/t20-,25-/m1/s1. The Hall–Kier alpha value is -2.96. The number of hydrogen-bond donors (Lipinski definition) is 3. The predicted molar refractivity (Wildman–Crippen MR) is 126 cm³/mol. The summed E-state index contributed by atoms with van der Waals surface area (Å²) in [6, 6.07) is 14.5. The molecule has 2 aromatic heterocycles. The van der Waals surface area contributed by atoms with Gasteiger partial charge in [-0.15, -0.1) is 0 Å². The molecule has 0 saturated carbocycles. The first kappa shape index (κ1) is 22.2. The molecule has 0 saturated heterocycles. The van der Waals surface area contributed by atoms with E-state index in [2.05, 4.69) is 51.8 Å². The highest BCUT2D eigenvalue weighted by atomic mass is 35.5. The lowest BCUT2D eigenvalue weighted by molar-refractivity contribution is -0.136. The van der Waals surface area contributed by atoms with Crippen LogP contribution in [0.25, 0.3) is 0 Å². The molecule has 3 aromatic rings. The SMILES string of the molecule is Cc1cc(Cl)ncc1CCN[C@H](c1ccccc1)[C@H]1CNc2cc(CC(=O)O)cnc2C1. The molecule has 3 N–H and O–H groups in total. The third-order valence-corrected chi connectivity index (χ3v) is 6.17. The van der Waals surface area contributed by atoms with E-state index in [9.17, 15) is 4.79 Å². The lowest BCUT2D eigenvalue weighted by Gasteiger charge is -2.33. The van der Waals surface area contributed by atoms with Crippen LogP contribution < -0.4 is 10.6 Å². The van der Waals surface area contributed by atoms with Crippen molar-refractivity contribution in [1.29, 1.82) is 0 Å². The first-order chi connectivity index (χ1) is 15.5. The van der Waals surface area contributed by atoms with Crippen LogP contribution >= 0.6 is 11.6 Å². The first-order valence-electron chi connectivity index (χ1n) is 10.8. The van der Waals surface area contributed by atoms with E-state index >= 15 is 0 Å². The number of hydrogen-bond acceptors (Lipinski definition) is 5. The minimum Gasteiger partial charge on any atom is -0.481 e. The van der Waals surface area contributed by atoms with Crippen molar-refractivity contribution in [2.75, 3.05) is 18.4 Å². The molecular weight excluding hydrogens is 424 g/mol. The fourth-order valence-corrected chi connectivity index (χ4v) is 4.52. The van der Waals surface area contributed by atoms with Gasteiger partial charge in [0.1, 0.15) is 5.15 Å². The normalized spacial score (nSPS) is 16.1. The van der Waals surface area contributed by atoms with Crippen molar-refractivity contribution >= 4 is 23.3 Å². The molecule has 1 aliphatic rings. The molecule has 0 bridgehead atoms. The Morgan fingerprint density at radius 2 is 2.06 bits per heavy atom. The van der Waals surface area contributed by atoms with E-state index in [0.29, 0.717) is 16.6 Å². The van der Waals surface area contributed by atoms with E-state index < -0.39 is 5.97 Å². The molecule has 0 spiro atoms. The van der Waals surface area contributed by atoms with E-state index in [0.717, 1.165) is 42.9 Å². The van der Waals surface area contributed by atoms with Crippen molar-refractivity contribution < 1.29 is 9.90 Å². The van der Waals surface area contributed by atoms with E-state index in [1.807, 2.05) is 24.4 Å². The van der Waals surface area contributed by atoms with Gasteiger partial charge in [-0.05, 0) is 60.7 Å². The Morgan fingerprint density at radius 1 is 1.25 bits per heavy atom. The summed E-state index contributed by atoms with van der Waals surface area (Å²) in [6.07, 6.45) is 5.21. The van der Waals surface area contributed by atoms with Gasteiger partial charge >= 0.3 is 5.97 Å². The molecule has 0 fully saturated rings. The molecule has 7 heteroatoms. The van der Waals surface area contributed by atoms with Gasteiger partial charge < -0.3 is 15.7 Å². The summed E-state index contributed by atoms with van der Waals surface area (Å²) in [5.74, 6) is -0.535. The number of anilines is 1. The second-order valence-corrected chi connectivity index (χ2v) is 8.67. The number of aromatic nitrogens is 2. The zero-order valence-corrected chi connectivity index (χ0v) is 18.8. The Balaban J connectivity index is 1.48. The number of fused-ring (bicyclic) bond motifs is 1.